The lowest BCUT2D eigenvalue weighted by atomic mass is 10.0. The molecule has 19 heavy (non-hydrogen) atoms. The normalized spacial score (nSPS) is 18.9. The van der Waals surface area contributed by atoms with Crippen LogP contribution >= 0.6 is 0 Å². The van der Waals surface area contributed by atoms with Gasteiger partial charge in [0.1, 0.15) is 5.75 Å². The fourth-order valence-corrected chi connectivity index (χ4v) is 2.72. The maximum absolute atomic E-state index is 9.75. The summed E-state index contributed by atoms with van der Waals surface area (Å²) in [6.07, 6.45) is 1.13. The monoisotopic (exact) mass is 264 g/mol. The average molecular weight is 264 g/mol. The number of aliphatic hydroxyl groups excluding tert-OH is 1. The molecule has 1 aromatic carbocycles. The molecule has 1 saturated heterocycles. The summed E-state index contributed by atoms with van der Waals surface area (Å²) >= 11 is 0. The lowest BCUT2D eigenvalue weighted by Crippen LogP contribution is -2.34. The highest BCUT2D eigenvalue weighted by Gasteiger charge is 2.21. The number of rotatable bonds is 4. The predicted octanol–water partition coefficient (Wildman–Crippen LogP) is 1.33. The van der Waals surface area contributed by atoms with Crippen LogP contribution in [0.15, 0.2) is 18.2 Å². The van der Waals surface area contributed by atoms with E-state index in [1.807, 2.05) is 13.0 Å². The summed E-state index contributed by atoms with van der Waals surface area (Å²) in [4.78, 5) is 2.36. The van der Waals surface area contributed by atoms with Crippen molar-refractivity contribution in [3.63, 3.8) is 0 Å². The van der Waals surface area contributed by atoms with E-state index in [2.05, 4.69) is 22.3 Å². The average Bonchev–Trinajstić information content (AvgIpc) is 2.69. The number of methoxy groups -OCH3 is 1. The molecular weight excluding hydrogens is 240 g/mol. The molecule has 1 unspecified atom stereocenters. The first-order valence-electron chi connectivity index (χ1n) is 6.96. The first-order valence-corrected chi connectivity index (χ1v) is 6.96. The third kappa shape index (κ3) is 3.47. The zero-order valence-corrected chi connectivity index (χ0v) is 11.9. The van der Waals surface area contributed by atoms with E-state index < -0.39 is 0 Å². The minimum absolute atomic E-state index is 0.0875. The third-order valence-corrected chi connectivity index (χ3v) is 3.79. The molecule has 1 atom stereocenters. The topological polar surface area (TPSA) is 44.7 Å². The number of hydrogen-bond donors (Lipinski definition) is 2. The molecule has 0 aromatic heterocycles. The highest BCUT2D eigenvalue weighted by molar-refractivity contribution is 5.37. The Bertz CT molecular complexity index is 401. The van der Waals surface area contributed by atoms with Crippen molar-refractivity contribution in [2.75, 3.05) is 39.9 Å². The molecule has 4 nitrogen and oxygen atoms in total. The molecule has 2 rings (SSSR count). The molecule has 1 aliphatic heterocycles. The summed E-state index contributed by atoms with van der Waals surface area (Å²) in [6.45, 7) is 6.27. The fourth-order valence-electron chi connectivity index (χ4n) is 2.72. The highest BCUT2D eigenvalue weighted by Crippen LogP contribution is 2.26. The van der Waals surface area contributed by atoms with Gasteiger partial charge in [-0.1, -0.05) is 12.1 Å². The first kappa shape index (κ1) is 14.3. The second-order valence-corrected chi connectivity index (χ2v) is 5.07. The molecule has 106 valence electrons. The van der Waals surface area contributed by atoms with Gasteiger partial charge in [0.2, 0.25) is 0 Å². The van der Waals surface area contributed by atoms with Gasteiger partial charge in [-0.2, -0.15) is 0 Å². The molecule has 4 heteroatoms. The van der Waals surface area contributed by atoms with Crippen LogP contribution in [0.2, 0.25) is 0 Å². The van der Waals surface area contributed by atoms with Crippen LogP contribution in [0.3, 0.4) is 0 Å². The summed E-state index contributed by atoms with van der Waals surface area (Å²) in [5.41, 5.74) is 2.29. The van der Waals surface area contributed by atoms with E-state index in [4.69, 9.17) is 4.74 Å². The Labute approximate surface area is 115 Å². The van der Waals surface area contributed by atoms with Gasteiger partial charge in [0, 0.05) is 19.6 Å². The van der Waals surface area contributed by atoms with E-state index in [1.165, 1.54) is 5.56 Å². The van der Waals surface area contributed by atoms with E-state index >= 15 is 0 Å². The Morgan fingerprint density at radius 2 is 2.21 bits per heavy atom. The Kier molecular flexibility index (Phi) is 5.19. The molecule has 1 aliphatic rings. The van der Waals surface area contributed by atoms with Crippen molar-refractivity contribution in [3.05, 3.63) is 29.3 Å². The molecule has 0 radical (unpaired) electrons. The molecular formula is C15H24N2O2. The van der Waals surface area contributed by atoms with Gasteiger partial charge in [0.15, 0.2) is 0 Å². The fraction of sp³-hybridized carbons (Fsp3) is 0.600. The predicted molar refractivity (Wildman–Crippen MR) is 76.6 cm³/mol. The minimum Gasteiger partial charge on any atom is -0.496 e. The SMILES string of the molecule is COc1ccc(C(CO)N2CCCNCC2)cc1C. The van der Waals surface area contributed by atoms with Crippen LogP contribution < -0.4 is 10.1 Å². The molecule has 0 amide bonds. The molecule has 0 bridgehead atoms. The van der Waals surface area contributed by atoms with Crippen LogP contribution in [0.25, 0.3) is 0 Å². The molecule has 2 N–H and O–H groups in total. The van der Waals surface area contributed by atoms with Gasteiger partial charge in [0.25, 0.3) is 0 Å². The van der Waals surface area contributed by atoms with Crippen LogP contribution in [0, 0.1) is 6.92 Å². The van der Waals surface area contributed by atoms with Gasteiger partial charge in [-0.05, 0) is 37.1 Å². The summed E-state index contributed by atoms with van der Waals surface area (Å²) < 4.78 is 5.29. The van der Waals surface area contributed by atoms with Gasteiger partial charge < -0.3 is 15.2 Å². The van der Waals surface area contributed by atoms with Gasteiger partial charge in [-0.25, -0.2) is 0 Å². The van der Waals surface area contributed by atoms with Crippen molar-refractivity contribution in [1.29, 1.82) is 0 Å². The summed E-state index contributed by atoms with van der Waals surface area (Å²) in [7, 11) is 1.69. The molecule has 1 fully saturated rings. The molecule has 0 spiro atoms. The van der Waals surface area contributed by atoms with Gasteiger partial charge in [0.05, 0.1) is 19.8 Å². The second kappa shape index (κ2) is 6.89. The standard InChI is InChI=1S/C15H24N2O2/c1-12-10-13(4-5-15(12)19-2)14(11-18)17-8-3-6-16-7-9-17/h4-5,10,14,16,18H,3,6-9,11H2,1-2H3. The number of nitrogens with zero attached hydrogens (tertiary/aromatic N) is 1. The summed E-state index contributed by atoms with van der Waals surface area (Å²) in [5.74, 6) is 0.901. The number of hydrogen-bond acceptors (Lipinski definition) is 4. The zero-order valence-electron chi connectivity index (χ0n) is 11.9. The van der Waals surface area contributed by atoms with Crippen LogP contribution in [0.1, 0.15) is 23.6 Å². The number of aliphatic hydroxyl groups is 1. The van der Waals surface area contributed by atoms with Crippen molar-refractivity contribution >= 4 is 0 Å². The molecule has 0 saturated carbocycles. The quantitative estimate of drug-likeness (QED) is 0.861. The van der Waals surface area contributed by atoms with E-state index in [-0.39, 0.29) is 12.6 Å². The van der Waals surface area contributed by atoms with Crippen molar-refractivity contribution in [3.8, 4) is 5.75 Å². The number of benzene rings is 1. The van der Waals surface area contributed by atoms with Crippen LogP contribution in [-0.4, -0.2) is 49.9 Å². The second-order valence-electron chi connectivity index (χ2n) is 5.07. The smallest absolute Gasteiger partial charge is 0.121 e. The summed E-state index contributed by atoms with van der Waals surface area (Å²) in [6, 6.07) is 6.26. The Hall–Kier alpha value is -1.10. The van der Waals surface area contributed by atoms with E-state index in [0.717, 1.165) is 43.9 Å². The van der Waals surface area contributed by atoms with E-state index in [1.54, 1.807) is 7.11 Å². The molecule has 1 aromatic rings. The van der Waals surface area contributed by atoms with Crippen LogP contribution in [0.5, 0.6) is 5.75 Å². The Balaban J connectivity index is 2.18. The Morgan fingerprint density at radius 3 is 2.89 bits per heavy atom. The molecule has 0 aliphatic carbocycles. The van der Waals surface area contributed by atoms with Crippen LogP contribution in [0.4, 0.5) is 0 Å². The van der Waals surface area contributed by atoms with Gasteiger partial charge in [-0.3, -0.25) is 4.90 Å². The lowest BCUT2D eigenvalue weighted by Gasteiger charge is -2.29. The van der Waals surface area contributed by atoms with Crippen molar-refractivity contribution in [2.24, 2.45) is 0 Å². The molecule has 1 heterocycles. The van der Waals surface area contributed by atoms with Crippen molar-refractivity contribution in [2.45, 2.75) is 19.4 Å². The van der Waals surface area contributed by atoms with Crippen molar-refractivity contribution < 1.29 is 9.84 Å². The number of ether oxygens (including phenoxy) is 1. The maximum atomic E-state index is 9.75. The van der Waals surface area contributed by atoms with Gasteiger partial charge in [-0.15, -0.1) is 0 Å². The number of aryl methyl sites for hydroxylation is 1. The third-order valence-electron chi connectivity index (χ3n) is 3.79. The van der Waals surface area contributed by atoms with E-state index in [9.17, 15) is 5.11 Å². The zero-order chi connectivity index (χ0) is 13.7. The van der Waals surface area contributed by atoms with Gasteiger partial charge >= 0.3 is 0 Å². The van der Waals surface area contributed by atoms with Crippen molar-refractivity contribution in [1.82, 2.24) is 10.2 Å². The van der Waals surface area contributed by atoms with E-state index in [0.29, 0.717) is 0 Å². The minimum atomic E-state index is 0.0875. The largest absolute Gasteiger partial charge is 0.496 e. The first-order chi connectivity index (χ1) is 9.26. The highest BCUT2D eigenvalue weighted by atomic mass is 16.5. The van der Waals surface area contributed by atoms with Crippen LogP contribution in [-0.2, 0) is 0 Å². The Morgan fingerprint density at radius 1 is 1.37 bits per heavy atom. The maximum Gasteiger partial charge on any atom is 0.121 e. The summed E-state index contributed by atoms with van der Waals surface area (Å²) in [5, 5.41) is 13.1. The lowest BCUT2D eigenvalue weighted by molar-refractivity contribution is 0.129. The number of nitrogens with one attached hydrogen (secondary N) is 1.